The van der Waals surface area contributed by atoms with Crippen LogP contribution in [0.4, 0.5) is 0 Å². The van der Waals surface area contributed by atoms with Crippen molar-refractivity contribution in [3.05, 3.63) is 0 Å². The van der Waals surface area contributed by atoms with Crippen LogP contribution in [-0.2, 0) is 9.47 Å². The highest BCUT2D eigenvalue weighted by atomic mass is 16.5. The second kappa shape index (κ2) is 12.8. The van der Waals surface area contributed by atoms with Gasteiger partial charge >= 0.3 is 0 Å². The quantitative estimate of drug-likeness (QED) is 0.510. The maximum atomic E-state index is 8.70. The lowest BCUT2D eigenvalue weighted by atomic mass is 10.3. The first-order valence-electron chi connectivity index (χ1n) is 4.60. The highest BCUT2D eigenvalue weighted by Gasteiger charge is 2.03. The first-order valence-corrected chi connectivity index (χ1v) is 4.60. The molecule has 0 radical (unpaired) electrons. The van der Waals surface area contributed by atoms with Crippen LogP contribution in [0.2, 0.25) is 0 Å². The molecule has 0 heterocycles. The lowest BCUT2D eigenvalue weighted by Gasteiger charge is -2.10. The minimum Gasteiger partial charge on any atom is -0.394 e. The van der Waals surface area contributed by atoms with Crippen LogP contribution in [0.3, 0.4) is 0 Å². The van der Waals surface area contributed by atoms with Gasteiger partial charge in [-0.2, -0.15) is 0 Å². The van der Waals surface area contributed by atoms with Crippen molar-refractivity contribution in [3.8, 4) is 0 Å². The summed E-state index contributed by atoms with van der Waals surface area (Å²) in [5.74, 6) is 0. The fourth-order valence-corrected chi connectivity index (χ4v) is 0.428. The van der Waals surface area contributed by atoms with Gasteiger partial charge in [0.15, 0.2) is 0 Å². The van der Waals surface area contributed by atoms with E-state index in [-0.39, 0.29) is 25.4 Å². The third-order valence-electron chi connectivity index (χ3n) is 1.52. The summed E-state index contributed by atoms with van der Waals surface area (Å²) in [7, 11) is 1.58. The summed E-state index contributed by atoms with van der Waals surface area (Å²) >= 11 is 0. The summed E-state index contributed by atoms with van der Waals surface area (Å²) in [4.78, 5) is 0. The van der Waals surface area contributed by atoms with E-state index in [1.54, 1.807) is 14.0 Å². The van der Waals surface area contributed by atoms with Crippen LogP contribution in [0.25, 0.3) is 0 Å². The van der Waals surface area contributed by atoms with Crippen molar-refractivity contribution in [3.63, 3.8) is 0 Å². The molecule has 14 heavy (non-hydrogen) atoms. The second-order valence-electron chi connectivity index (χ2n) is 2.74. The van der Waals surface area contributed by atoms with Gasteiger partial charge in [-0.05, 0) is 13.8 Å². The zero-order valence-corrected chi connectivity index (χ0v) is 9.14. The summed E-state index contributed by atoms with van der Waals surface area (Å²) < 4.78 is 9.39. The molecule has 0 saturated heterocycles. The Balaban J connectivity index is 0. The second-order valence-corrected chi connectivity index (χ2v) is 2.74. The molecule has 5 heteroatoms. The zero-order chi connectivity index (χ0) is 11.4. The summed E-state index contributed by atoms with van der Waals surface area (Å²) in [6.07, 6.45) is -0.398. The van der Waals surface area contributed by atoms with Crippen molar-refractivity contribution in [2.24, 2.45) is 0 Å². The molecule has 0 aromatic rings. The van der Waals surface area contributed by atoms with Gasteiger partial charge in [-0.3, -0.25) is 0 Å². The van der Waals surface area contributed by atoms with Gasteiger partial charge in [-0.15, -0.1) is 0 Å². The van der Waals surface area contributed by atoms with E-state index in [2.05, 4.69) is 4.74 Å². The van der Waals surface area contributed by atoms with Crippen LogP contribution >= 0.6 is 0 Å². The number of hydrogen-bond acceptors (Lipinski definition) is 5. The minimum atomic E-state index is -0.356. The molecule has 0 aliphatic rings. The van der Waals surface area contributed by atoms with Gasteiger partial charge in [0.2, 0.25) is 0 Å². The van der Waals surface area contributed by atoms with Gasteiger partial charge in [0.25, 0.3) is 0 Å². The number of hydrogen-bond donors (Lipinski definition) is 3. The number of rotatable bonds is 6. The molecule has 0 saturated carbocycles. The van der Waals surface area contributed by atoms with Crippen molar-refractivity contribution in [1.29, 1.82) is 0 Å². The molecule has 3 N–H and O–H groups in total. The summed E-state index contributed by atoms with van der Waals surface area (Å²) in [5.41, 5.74) is 0. The number of aliphatic hydroxyl groups excluding tert-OH is 3. The van der Waals surface area contributed by atoms with Crippen LogP contribution < -0.4 is 0 Å². The average molecular weight is 210 g/mol. The molecule has 0 bridgehead atoms. The lowest BCUT2D eigenvalue weighted by Crippen LogP contribution is -2.20. The predicted molar refractivity (Wildman–Crippen MR) is 53.1 cm³/mol. The van der Waals surface area contributed by atoms with Gasteiger partial charge in [0.1, 0.15) is 0 Å². The third-order valence-corrected chi connectivity index (χ3v) is 1.52. The van der Waals surface area contributed by atoms with E-state index in [0.717, 1.165) is 0 Å². The minimum absolute atomic E-state index is 0.0278. The lowest BCUT2D eigenvalue weighted by molar-refractivity contribution is 0.00997. The molecule has 0 aromatic carbocycles. The first kappa shape index (κ1) is 16.2. The highest BCUT2D eigenvalue weighted by molar-refractivity contribution is 4.54. The molecular formula is C9H22O5. The van der Waals surface area contributed by atoms with E-state index < -0.39 is 0 Å². The van der Waals surface area contributed by atoms with E-state index in [9.17, 15) is 0 Å². The van der Waals surface area contributed by atoms with E-state index in [0.29, 0.717) is 13.2 Å². The number of methoxy groups -OCH3 is 1. The van der Waals surface area contributed by atoms with Gasteiger partial charge in [-0.25, -0.2) is 0 Å². The average Bonchev–Trinajstić information content (AvgIpc) is 2.18. The first-order chi connectivity index (χ1) is 6.59. The van der Waals surface area contributed by atoms with Gasteiger partial charge < -0.3 is 24.8 Å². The van der Waals surface area contributed by atoms with Gasteiger partial charge in [-0.1, -0.05) is 0 Å². The SMILES string of the molecule is COC(C)C(C)O.OCCOCCO. The summed E-state index contributed by atoms with van der Waals surface area (Å²) in [6, 6.07) is 0. The van der Waals surface area contributed by atoms with Crippen LogP contribution in [0.1, 0.15) is 13.8 Å². The molecule has 5 nitrogen and oxygen atoms in total. The number of ether oxygens (including phenoxy) is 2. The normalized spacial score (nSPS) is 14.1. The molecular weight excluding hydrogens is 188 g/mol. The van der Waals surface area contributed by atoms with Crippen LogP contribution in [0.5, 0.6) is 0 Å². The molecule has 2 unspecified atom stereocenters. The number of aliphatic hydroxyl groups is 3. The van der Waals surface area contributed by atoms with Crippen molar-refractivity contribution >= 4 is 0 Å². The Morgan fingerprint density at radius 1 is 1.07 bits per heavy atom. The molecule has 0 aliphatic heterocycles. The van der Waals surface area contributed by atoms with Crippen molar-refractivity contribution in [1.82, 2.24) is 0 Å². The van der Waals surface area contributed by atoms with E-state index >= 15 is 0 Å². The molecule has 0 fully saturated rings. The van der Waals surface area contributed by atoms with Crippen LogP contribution in [-0.4, -0.2) is 61.1 Å². The third kappa shape index (κ3) is 14.3. The fourth-order valence-electron chi connectivity index (χ4n) is 0.428. The van der Waals surface area contributed by atoms with Crippen molar-refractivity contribution in [2.75, 3.05) is 33.5 Å². The largest absolute Gasteiger partial charge is 0.394 e. The molecule has 0 aliphatic carbocycles. The Hall–Kier alpha value is -0.200. The molecule has 0 amide bonds. The Labute approximate surface area is 85.3 Å². The highest BCUT2D eigenvalue weighted by Crippen LogP contribution is 1.92. The van der Waals surface area contributed by atoms with E-state index in [1.807, 2.05) is 6.92 Å². The maximum absolute atomic E-state index is 8.70. The molecule has 88 valence electrons. The zero-order valence-electron chi connectivity index (χ0n) is 9.14. The summed E-state index contributed by atoms with van der Waals surface area (Å²) in [6.45, 7) is 4.22. The molecule has 0 spiro atoms. The van der Waals surface area contributed by atoms with Crippen molar-refractivity contribution < 1.29 is 24.8 Å². The fraction of sp³-hybridized carbons (Fsp3) is 1.00. The summed E-state index contributed by atoms with van der Waals surface area (Å²) in [5, 5.41) is 24.9. The Bertz CT molecular complexity index is 93.2. The van der Waals surface area contributed by atoms with Gasteiger partial charge in [0, 0.05) is 7.11 Å². The van der Waals surface area contributed by atoms with Crippen LogP contribution in [0.15, 0.2) is 0 Å². The van der Waals surface area contributed by atoms with Crippen LogP contribution in [0, 0.1) is 0 Å². The Kier molecular flexibility index (Phi) is 14.8. The molecule has 0 aromatic heterocycles. The molecule has 0 rings (SSSR count). The topological polar surface area (TPSA) is 79.2 Å². The standard InChI is InChI=1S/C5H12O2.C4H10O3/c1-4(6)5(2)7-3;5-1-3-7-4-2-6/h4-6H,1-3H3;5-6H,1-4H2. The monoisotopic (exact) mass is 210 g/mol. The van der Waals surface area contributed by atoms with E-state index in [4.69, 9.17) is 20.1 Å². The predicted octanol–water partition coefficient (Wildman–Crippen LogP) is -0.610. The smallest absolute Gasteiger partial charge is 0.0799 e. The van der Waals surface area contributed by atoms with E-state index in [1.165, 1.54) is 0 Å². The Morgan fingerprint density at radius 3 is 1.64 bits per heavy atom. The maximum Gasteiger partial charge on any atom is 0.0799 e. The van der Waals surface area contributed by atoms with Gasteiger partial charge in [0.05, 0.1) is 38.6 Å². The van der Waals surface area contributed by atoms with Crippen molar-refractivity contribution in [2.45, 2.75) is 26.1 Å². The Morgan fingerprint density at radius 2 is 1.50 bits per heavy atom. The molecule has 2 atom stereocenters.